The summed E-state index contributed by atoms with van der Waals surface area (Å²) in [5.41, 5.74) is 1.92. The number of nitrogens with zero attached hydrogens (tertiary/aromatic N) is 2. The van der Waals surface area contributed by atoms with Crippen LogP contribution in [0.1, 0.15) is 42.5 Å². The summed E-state index contributed by atoms with van der Waals surface area (Å²) >= 11 is 0. The van der Waals surface area contributed by atoms with Crippen LogP contribution in [0.3, 0.4) is 0 Å². The van der Waals surface area contributed by atoms with E-state index in [4.69, 9.17) is 4.42 Å². The van der Waals surface area contributed by atoms with Crippen molar-refractivity contribution in [3.05, 3.63) is 88.1 Å². The van der Waals surface area contributed by atoms with E-state index in [-0.39, 0.29) is 22.0 Å². The third kappa shape index (κ3) is 3.97. The number of rotatable bonds is 3. The molecule has 2 heterocycles. The molecule has 156 valence electrons. The molecule has 1 amide bonds. The Bertz CT molecular complexity index is 1320. The van der Waals surface area contributed by atoms with E-state index in [9.17, 15) is 9.59 Å². The Hall–Kier alpha value is -3.80. The molecule has 0 aliphatic carbocycles. The minimum atomic E-state index is -0.399. The Labute approximate surface area is 180 Å². The summed E-state index contributed by atoms with van der Waals surface area (Å²) in [5, 5.41) is 3.16. The summed E-state index contributed by atoms with van der Waals surface area (Å²) in [6.07, 6.45) is 3.15. The second kappa shape index (κ2) is 7.80. The SMILES string of the molecule is Cc1c(-c2ccccc2)oc2c(C(=O)Nc3cnc(C(C)(C)C)nc3)cccc2c1=O. The highest BCUT2D eigenvalue weighted by Gasteiger charge is 2.20. The van der Waals surface area contributed by atoms with E-state index in [1.54, 1.807) is 37.5 Å². The fourth-order valence-electron chi connectivity index (χ4n) is 3.33. The zero-order valence-electron chi connectivity index (χ0n) is 17.9. The van der Waals surface area contributed by atoms with Gasteiger partial charge in [-0.2, -0.15) is 0 Å². The molecule has 0 spiro atoms. The van der Waals surface area contributed by atoms with Crippen molar-refractivity contribution in [3.63, 3.8) is 0 Å². The zero-order valence-corrected chi connectivity index (χ0v) is 17.9. The summed E-state index contributed by atoms with van der Waals surface area (Å²) in [6.45, 7) is 7.79. The van der Waals surface area contributed by atoms with Crippen LogP contribution in [-0.4, -0.2) is 15.9 Å². The largest absolute Gasteiger partial charge is 0.455 e. The van der Waals surface area contributed by atoms with Crippen molar-refractivity contribution in [3.8, 4) is 11.3 Å². The second-order valence-electron chi connectivity index (χ2n) is 8.43. The standard InChI is InChI=1S/C25H23N3O3/c1-15-20(29)18-11-8-12-19(22(18)31-21(15)16-9-6-5-7-10-16)23(30)28-17-13-26-24(27-14-17)25(2,3)4/h5-14H,1-4H3,(H,28,30). The van der Waals surface area contributed by atoms with Gasteiger partial charge in [-0.25, -0.2) is 9.97 Å². The fraction of sp³-hybridized carbons (Fsp3) is 0.200. The van der Waals surface area contributed by atoms with Crippen molar-refractivity contribution in [1.29, 1.82) is 0 Å². The minimum Gasteiger partial charge on any atom is -0.455 e. The first-order chi connectivity index (χ1) is 14.8. The number of carbonyl (C=O) groups is 1. The number of para-hydroxylation sites is 1. The average molecular weight is 413 g/mol. The molecule has 2 aromatic carbocycles. The molecule has 0 radical (unpaired) electrons. The molecule has 0 fully saturated rings. The Morgan fingerprint density at radius 3 is 2.29 bits per heavy atom. The number of amides is 1. The molecular weight excluding hydrogens is 390 g/mol. The Kier molecular flexibility index (Phi) is 5.15. The van der Waals surface area contributed by atoms with Gasteiger partial charge in [-0.3, -0.25) is 9.59 Å². The lowest BCUT2D eigenvalue weighted by atomic mass is 9.96. The lowest BCUT2D eigenvalue weighted by Gasteiger charge is -2.16. The van der Waals surface area contributed by atoms with Gasteiger partial charge < -0.3 is 9.73 Å². The summed E-state index contributed by atoms with van der Waals surface area (Å²) in [5.74, 6) is 0.740. The molecular formula is C25H23N3O3. The van der Waals surface area contributed by atoms with E-state index in [0.29, 0.717) is 28.2 Å². The van der Waals surface area contributed by atoms with Crippen LogP contribution >= 0.6 is 0 Å². The minimum absolute atomic E-state index is 0.160. The van der Waals surface area contributed by atoms with Gasteiger partial charge in [-0.1, -0.05) is 57.2 Å². The molecule has 6 heteroatoms. The zero-order chi connectivity index (χ0) is 22.2. The predicted molar refractivity (Wildman–Crippen MR) is 121 cm³/mol. The van der Waals surface area contributed by atoms with E-state index in [2.05, 4.69) is 15.3 Å². The summed E-state index contributed by atoms with van der Waals surface area (Å²) in [4.78, 5) is 34.7. The molecule has 0 unspecified atom stereocenters. The third-order valence-corrected chi connectivity index (χ3v) is 5.01. The summed E-state index contributed by atoms with van der Waals surface area (Å²) < 4.78 is 6.12. The maximum absolute atomic E-state index is 13.0. The number of aromatic nitrogens is 2. The molecule has 4 aromatic rings. The summed E-state index contributed by atoms with van der Waals surface area (Å²) in [7, 11) is 0. The van der Waals surface area contributed by atoms with Crippen LogP contribution in [0.4, 0.5) is 5.69 Å². The molecule has 31 heavy (non-hydrogen) atoms. The van der Waals surface area contributed by atoms with Gasteiger partial charge in [0.2, 0.25) is 0 Å². The van der Waals surface area contributed by atoms with Gasteiger partial charge in [-0.05, 0) is 19.1 Å². The summed E-state index contributed by atoms with van der Waals surface area (Å²) in [6, 6.07) is 14.4. The molecule has 1 N–H and O–H groups in total. The van der Waals surface area contributed by atoms with Crippen LogP contribution in [-0.2, 0) is 5.41 Å². The van der Waals surface area contributed by atoms with Crippen molar-refractivity contribution in [2.75, 3.05) is 5.32 Å². The van der Waals surface area contributed by atoms with Gasteiger partial charge in [0, 0.05) is 16.5 Å². The molecule has 6 nitrogen and oxygen atoms in total. The van der Waals surface area contributed by atoms with Crippen LogP contribution in [0, 0.1) is 6.92 Å². The number of hydrogen-bond donors (Lipinski definition) is 1. The average Bonchev–Trinajstić information content (AvgIpc) is 2.76. The van der Waals surface area contributed by atoms with Crippen LogP contribution in [0.2, 0.25) is 0 Å². The fourth-order valence-corrected chi connectivity index (χ4v) is 3.33. The van der Waals surface area contributed by atoms with Crippen LogP contribution < -0.4 is 10.7 Å². The molecule has 0 atom stereocenters. The highest BCUT2D eigenvalue weighted by Crippen LogP contribution is 2.27. The first-order valence-corrected chi connectivity index (χ1v) is 10.0. The van der Waals surface area contributed by atoms with Crippen molar-refractivity contribution >= 4 is 22.6 Å². The van der Waals surface area contributed by atoms with Crippen molar-refractivity contribution in [2.24, 2.45) is 0 Å². The van der Waals surface area contributed by atoms with E-state index in [1.807, 2.05) is 51.1 Å². The molecule has 0 saturated heterocycles. The number of carbonyl (C=O) groups excluding carboxylic acids is 1. The monoisotopic (exact) mass is 413 g/mol. The first-order valence-electron chi connectivity index (χ1n) is 10.0. The second-order valence-corrected chi connectivity index (χ2v) is 8.43. The number of hydrogen-bond acceptors (Lipinski definition) is 5. The normalized spacial score (nSPS) is 11.5. The molecule has 2 aromatic heterocycles. The maximum Gasteiger partial charge on any atom is 0.259 e. The lowest BCUT2D eigenvalue weighted by Crippen LogP contribution is -2.18. The Morgan fingerprint density at radius 1 is 0.968 bits per heavy atom. The van der Waals surface area contributed by atoms with Gasteiger partial charge in [0.05, 0.1) is 29.0 Å². The van der Waals surface area contributed by atoms with E-state index < -0.39 is 5.91 Å². The van der Waals surface area contributed by atoms with Crippen molar-refractivity contribution < 1.29 is 9.21 Å². The number of nitrogens with one attached hydrogen (secondary N) is 1. The van der Waals surface area contributed by atoms with Gasteiger partial charge in [0.25, 0.3) is 5.91 Å². The lowest BCUT2D eigenvalue weighted by molar-refractivity contribution is 0.102. The predicted octanol–water partition coefficient (Wildman–Crippen LogP) is 5.11. The van der Waals surface area contributed by atoms with Gasteiger partial charge >= 0.3 is 0 Å². The van der Waals surface area contributed by atoms with Crippen LogP contribution in [0.5, 0.6) is 0 Å². The number of benzene rings is 2. The quantitative estimate of drug-likeness (QED) is 0.505. The first kappa shape index (κ1) is 20.5. The molecule has 0 saturated carbocycles. The van der Waals surface area contributed by atoms with Crippen molar-refractivity contribution in [1.82, 2.24) is 9.97 Å². The molecule has 0 aliphatic rings. The highest BCUT2D eigenvalue weighted by atomic mass is 16.3. The van der Waals surface area contributed by atoms with Crippen molar-refractivity contribution in [2.45, 2.75) is 33.1 Å². The Morgan fingerprint density at radius 2 is 1.65 bits per heavy atom. The maximum atomic E-state index is 13.0. The van der Waals surface area contributed by atoms with Gasteiger partial charge in [-0.15, -0.1) is 0 Å². The van der Waals surface area contributed by atoms with E-state index >= 15 is 0 Å². The smallest absolute Gasteiger partial charge is 0.259 e. The molecule has 0 aliphatic heterocycles. The van der Waals surface area contributed by atoms with Crippen LogP contribution in [0.25, 0.3) is 22.3 Å². The van der Waals surface area contributed by atoms with Gasteiger partial charge in [0.15, 0.2) is 11.0 Å². The van der Waals surface area contributed by atoms with E-state index in [1.165, 1.54) is 0 Å². The Balaban J connectivity index is 1.76. The highest BCUT2D eigenvalue weighted by molar-refractivity contribution is 6.11. The van der Waals surface area contributed by atoms with E-state index in [0.717, 1.165) is 5.56 Å². The molecule has 0 bridgehead atoms. The number of anilines is 1. The third-order valence-electron chi connectivity index (χ3n) is 5.01. The topological polar surface area (TPSA) is 85.1 Å². The molecule has 4 rings (SSSR count). The van der Waals surface area contributed by atoms with Crippen LogP contribution in [0.15, 0.2) is 70.1 Å². The van der Waals surface area contributed by atoms with Gasteiger partial charge in [0.1, 0.15) is 11.6 Å². The number of fused-ring (bicyclic) bond motifs is 1.